The fraction of sp³-hybridized carbons (Fsp3) is 0.625. The van der Waals surface area contributed by atoms with Crippen LogP contribution in [0.2, 0.25) is 5.02 Å². The Balaban J connectivity index is 1.86. The third-order valence-electron chi connectivity index (χ3n) is 4.73. The summed E-state index contributed by atoms with van der Waals surface area (Å²) in [6, 6.07) is 7.52. The molecule has 0 bridgehead atoms. The van der Waals surface area contributed by atoms with Gasteiger partial charge < -0.3 is 4.90 Å². The highest BCUT2D eigenvalue weighted by molar-refractivity contribution is 9.10. The van der Waals surface area contributed by atoms with Crippen molar-refractivity contribution in [2.24, 2.45) is 0 Å². The predicted molar refractivity (Wildman–Crippen MR) is 89.8 cm³/mol. The Labute approximate surface area is 135 Å². The minimum Gasteiger partial charge on any atom is -0.365 e. The third-order valence-corrected chi connectivity index (χ3v) is 5.60. The first-order chi connectivity index (χ1) is 9.69. The van der Waals surface area contributed by atoms with E-state index in [9.17, 15) is 0 Å². The van der Waals surface area contributed by atoms with Crippen LogP contribution in [0.4, 0.5) is 5.69 Å². The standard InChI is InChI=1S/C16H22BrClN2/c1-2-13-10-19-8-4-3-5-14(19)11-20(13)16-7-6-12(18)9-15(16)17/h6-7,9,13-14H,2-5,8,10-11H2,1H3. The van der Waals surface area contributed by atoms with Crippen molar-refractivity contribution in [2.75, 3.05) is 24.5 Å². The molecule has 2 unspecified atom stereocenters. The van der Waals surface area contributed by atoms with E-state index in [1.165, 1.54) is 44.5 Å². The number of halogens is 2. The van der Waals surface area contributed by atoms with Crippen LogP contribution in [0.15, 0.2) is 22.7 Å². The average molecular weight is 358 g/mol. The minimum atomic E-state index is 0.613. The van der Waals surface area contributed by atoms with Gasteiger partial charge in [0.25, 0.3) is 0 Å². The average Bonchev–Trinajstić information content (AvgIpc) is 2.46. The first-order valence-electron chi connectivity index (χ1n) is 7.64. The molecule has 2 nitrogen and oxygen atoms in total. The molecule has 20 heavy (non-hydrogen) atoms. The van der Waals surface area contributed by atoms with Crippen molar-refractivity contribution < 1.29 is 0 Å². The number of piperazine rings is 1. The highest BCUT2D eigenvalue weighted by Gasteiger charge is 2.34. The van der Waals surface area contributed by atoms with Crippen molar-refractivity contribution in [3.8, 4) is 0 Å². The molecule has 0 amide bonds. The van der Waals surface area contributed by atoms with Crippen molar-refractivity contribution in [1.82, 2.24) is 4.90 Å². The first kappa shape index (κ1) is 14.7. The van der Waals surface area contributed by atoms with E-state index in [0.29, 0.717) is 6.04 Å². The smallest absolute Gasteiger partial charge is 0.0515 e. The Hall–Kier alpha value is -0.250. The van der Waals surface area contributed by atoms with Gasteiger partial charge in [-0.05, 0) is 59.9 Å². The Morgan fingerprint density at radius 1 is 1.30 bits per heavy atom. The second-order valence-corrected chi connectivity index (χ2v) is 7.25. The van der Waals surface area contributed by atoms with Gasteiger partial charge in [0.05, 0.1) is 5.69 Å². The molecule has 3 rings (SSSR count). The number of piperidine rings is 1. The molecule has 2 heterocycles. The number of benzene rings is 1. The third kappa shape index (κ3) is 2.86. The largest absolute Gasteiger partial charge is 0.365 e. The quantitative estimate of drug-likeness (QED) is 0.766. The minimum absolute atomic E-state index is 0.613. The van der Waals surface area contributed by atoms with E-state index in [-0.39, 0.29) is 0 Å². The zero-order chi connectivity index (χ0) is 14.1. The van der Waals surface area contributed by atoms with Crippen LogP contribution in [0.3, 0.4) is 0 Å². The molecule has 0 aromatic heterocycles. The number of rotatable bonds is 2. The molecule has 0 aliphatic carbocycles. The number of hydrogen-bond acceptors (Lipinski definition) is 2. The Morgan fingerprint density at radius 2 is 2.15 bits per heavy atom. The fourth-order valence-corrected chi connectivity index (χ4v) is 4.52. The van der Waals surface area contributed by atoms with E-state index in [1.807, 2.05) is 12.1 Å². The van der Waals surface area contributed by atoms with Crippen molar-refractivity contribution in [2.45, 2.75) is 44.7 Å². The number of nitrogens with zero attached hydrogens (tertiary/aromatic N) is 2. The zero-order valence-electron chi connectivity index (χ0n) is 12.0. The van der Waals surface area contributed by atoms with E-state index < -0.39 is 0 Å². The highest BCUT2D eigenvalue weighted by Crippen LogP contribution is 2.35. The lowest BCUT2D eigenvalue weighted by atomic mass is 9.95. The Bertz CT molecular complexity index is 480. The molecule has 1 aromatic carbocycles. The summed E-state index contributed by atoms with van der Waals surface area (Å²) in [5.74, 6) is 0. The van der Waals surface area contributed by atoms with Gasteiger partial charge in [0.1, 0.15) is 0 Å². The van der Waals surface area contributed by atoms with E-state index in [4.69, 9.17) is 11.6 Å². The highest BCUT2D eigenvalue weighted by atomic mass is 79.9. The molecule has 2 atom stereocenters. The lowest BCUT2D eigenvalue weighted by Crippen LogP contribution is -2.59. The van der Waals surface area contributed by atoms with Crippen molar-refractivity contribution >= 4 is 33.2 Å². The molecule has 0 radical (unpaired) electrons. The lowest BCUT2D eigenvalue weighted by molar-refractivity contribution is 0.111. The van der Waals surface area contributed by atoms with Gasteiger partial charge in [-0.2, -0.15) is 0 Å². The summed E-state index contributed by atoms with van der Waals surface area (Å²) in [6.45, 7) is 5.94. The number of anilines is 1. The van der Waals surface area contributed by atoms with Crippen LogP contribution in [0.1, 0.15) is 32.6 Å². The van der Waals surface area contributed by atoms with Gasteiger partial charge in [-0.1, -0.05) is 24.9 Å². The monoisotopic (exact) mass is 356 g/mol. The molecule has 2 aliphatic rings. The van der Waals surface area contributed by atoms with Crippen LogP contribution in [-0.2, 0) is 0 Å². The van der Waals surface area contributed by atoms with Gasteiger partial charge in [0.15, 0.2) is 0 Å². The van der Waals surface area contributed by atoms with Crippen LogP contribution < -0.4 is 4.90 Å². The van der Waals surface area contributed by atoms with Gasteiger partial charge in [0, 0.05) is 34.7 Å². The van der Waals surface area contributed by atoms with Crippen LogP contribution in [-0.4, -0.2) is 36.6 Å². The summed E-state index contributed by atoms with van der Waals surface area (Å²) in [4.78, 5) is 5.30. The summed E-state index contributed by atoms with van der Waals surface area (Å²) in [5.41, 5.74) is 1.30. The van der Waals surface area contributed by atoms with Crippen LogP contribution in [0.5, 0.6) is 0 Å². The molecule has 110 valence electrons. The van der Waals surface area contributed by atoms with E-state index in [0.717, 1.165) is 22.1 Å². The van der Waals surface area contributed by atoms with E-state index >= 15 is 0 Å². The zero-order valence-corrected chi connectivity index (χ0v) is 14.3. The van der Waals surface area contributed by atoms with Gasteiger partial charge in [0.2, 0.25) is 0 Å². The van der Waals surface area contributed by atoms with Crippen molar-refractivity contribution in [3.05, 3.63) is 27.7 Å². The molecule has 4 heteroatoms. The SMILES string of the molecule is CCC1CN2CCCCC2CN1c1ccc(Cl)cc1Br. The number of hydrogen-bond donors (Lipinski definition) is 0. The van der Waals surface area contributed by atoms with Crippen LogP contribution >= 0.6 is 27.5 Å². The molecule has 2 fully saturated rings. The van der Waals surface area contributed by atoms with Gasteiger partial charge >= 0.3 is 0 Å². The second-order valence-electron chi connectivity index (χ2n) is 5.95. The predicted octanol–water partition coefficient (Wildman–Crippen LogP) is 4.56. The summed E-state index contributed by atoms with van der Waals surface area (Å²) in [7, 11) is 0. The van der Waals surface area contributed by atoms with E-state index in [2.05, 4.69) is 38.7 Å². The Kier molecular flexibility index (Phi) is 4.58. The van der Waals surface area contributed by atoms with Crippen LogP contribution in [0.25, 0.3) is 0 Å². The maximum Gasteiger partial charge on any atom is 0.0515 e. The fourth-order valence-electron chi connectivity index (χ4n) is 3.61. The van der Waals surface area contributed by atoms with Crippen LogP contribution in [0, 0.1) is 0 Å². The molecule has 2 saturated heterocycles. The lowest BCUT2D eigenvalue weighted by Gasteiger charge is -2.49. The van der Waals surface area contributed by atoms with Crippen molar-refractivity contribution in [3.63, 3.8) is 0 Å². The molecule has 0 spiro atoms. The summed E-state index contributed by atoms with van der Waals surface area (Å²) in [5, 5.41) is 0.796. The van der Waals surface area contributed by atoms with E-state index in [1.54, 1.807) is 0 Å². The first-order valence-corrected chi connectivity index (χ1v) is 8.82. The van der Waals surface area contributed by atoms with Gasteiger partial charge in [-0.15, -0.1) is 0 Å². The molecule has 0 N–H and O–H groups in total. The van der Waals surface area contributed by atoms with Gasteiger partial charge in [-0.3, -0.25) is 4.90 Å². The summed E-state index contributed by atoms with van der Waals surface area (Å²) < 4.78 is 1.12. The number of fused-ring (bicyclic) bond motifs is 1. The molecule has 2 aliphatic heterocycles. The maximum atomic E-state index is 6.08. The molecular weight excluding hydrogens is 336 g/mol. The summed E-state index contributed by atoms with van der Waals surface area (Å²) in [6.07, 6.45) is 5.29. The van der Waals surface area contributed by atoms with Crippen molar-refractivity contribution in [1.29, 1.82) is 0 Å². The van der Waals surface area contributed by atoms with Gasteiger partial charge in [-0.25, -0.2) is 0 Å². The molecular formula is C16H22BrClN2. The second kappa shape index (κ2) is 6.25. The molecule has 1 aromatic rings. The topological polar surface area (TPSA) is 6.48 Å². The normalized spacial score (nSPS) is 27.4. The summed E-state index contributed by atoms with van der Waals surface area (Å²) >= 11 is 9.77. The Morgan fingerprint density at radius 3 is 2.90 bits per heavy atom. The molecule has 0 saturated carbocycles. The maximum absolute atomic E-state index is 6.08.